The summed E-state index contributed by atoms with van der Waals surface area (Å²) < 4.78 is 0. The van der Waals surface area contributed by atoms with Crippen LogP contribution in [0.3, 0.4) is 0 Å². The zero-order chi connectivity index (χ0) is 13.5. The Hall–Kier alpha value is -1.10. The second-order valence-electron chi connectivity index (χ2n) is 4.88. The van der Waals surface area contributed by atoms with E-state index in [-0.39, 0.29) is 5.91 Å². The number of carbonyl (C=O) groups excluding carboxylic acids is 1. The molecule has 0 spiro atoms. The average molecular weight is 269 g/mol. The highest BCUT2D eigenvalue weighted by molar-refractivity contribution is 6.30. The summed E-state index contributed by atoms with van der Waals surface area (Å²) in [5.74, 6) is 0.00113. The van der Waals surface area contributed by atoms with Crippen LogP contribution in [0.25, 0.3) is 0 Å². The van der Waals surface area contributed by atoms with Crippen LogP contribution in [0.4, 0.5) is 5.69 Å². The first-order chi connectivity index (χ1) is 8.36. The predicted octanol–water partition coefficient (Wildman–Crippen LogP) is 2.63. The molecule has 18 heavy (non-hydrogen) atoms. The second kappa shape index (κ2) is 4.53. The van der Waals surface area contributed by atoms with Crippen molar-refractivity contribution in [2.24, 2.45) is 0 Å². The Morgan fingerprint density at radius 1 is 1.56 bits per heavy atom. The fraction of sp³-hybridized carbons (Fsp3) is 0.462. The lowest BCUT2D eigenvalue weighted by Crippen LogP contribution is -2.48. The van der Waals surface area contributed by atoms with Crippen LogP contribution >= 0.6 is 11.6 Å². The summed E-state index contributed by atoms with van der Waals surface area (Å²) in [5.41, 5.74) is 1.18. The third-order valence-electron chi connectivity index (χ3n) is 3.75. The maximum atomic E-state index is 11.6. The maximum absolute atomic E-state index is 11.6. The number of anilines is 1. The molecular formula is C13H17ClN2O2. The molecule has 5 heteroatoms. The summed E-state index contributed by atoms with van der Waals surface area (Å²) in [6, 6.07) is 5.41. The molecule has 0 saturated carbocycles. The van der Waals surface area contributed by atoms with Gasteiger partial charge in [0.1, 0.15) is 0 Å². The Kier molecular flexibility index (Phi) is 3.36. The molecular weight excluding hydrogens is 252 g/mol. The number of hydrogen-bond donors (Lipinski definition) is 1. The number of fused-ring (bicyclic) bond motifs is 1. The molecule has 0 bridgehead atoms. The zero-order valence-corrected chi connectivity index (χ0v) is 11.5. The van der Waals surface area contributed by atoms with Crippen molar-refractivity contribution in [2.45, 2.75) is 25.8 Å². The minimum absolute atomic E-state index is 0.00113. The quantitative estimate of drug-likeness (QED) is 0.797. The molecule has 1 atom stereocenters. The Morgan fingerprint density at radius 3 is 2.78 bits per heavy atom. The molecule has 1 unspecified atom stereocenters. The molecule has 1 aliphatic rings. The molecule has 1 amide bonds. The predicted molar refractivity (Wildman–Crippen MR) is 71.0 cm³/mol. The molecule has 0 saturated heterocycles. The smallest absolute Gasteiger partial charge is 0.223 e. The molecule has 1 N–H and O–H groups in total. The standard InChI is InChI=1S/C13H17ClN2O2/c1-9(17)16-7-6-13(2,15(3)18)11-8-10(14)4-5-12(11)16/h4-5,8,18H,6-7H2,1-3H3. The lowest BCUT2D eigenvalue weighted by atomic mass is 9.83. The van der Waals surface area contributed by atoms with Gasteiger partial charge in [-0.3, -0.25) is 4.79 Å². The molecule has 0 fully saturated rings. The number of hydroxylamine groups is 2. The first-order valence-electron chi connectivity index (χ1n) is 5.87. The molecule has 1 aliphatic heterocycles. The van der Waals surface area contributed by atoms with Crippen molar-refractivity contribution in [2.75, 3.05) is 18.5 Å². The monoisotopic (exact) mass is 268 g/mol. The molecule has 0 aliphatic carbocycles. The topological polar surface area (TPSA) is 43.8 Å². The van der Waals surface area contributed by atoms with E-state index in [4.69, 9.17) is 11.6 Å². The van der Waals surface area contributed by atoms with Crippen LogP contribution in [0, 0.1) is 0 Å². The Morgan fingerprint density at radius 2 is 2.22 bits per heavy atom. The number of rotatable bonds is 1. The Balaban J connectivity index is 2.60. The van der Waals surface area contributed by atoms with Crippen LogP contribution in [-0.4, -0.2) is 29.8 Å². The third kappa shape index (κ3) is 2.00. The van der Waals surface area contributed by atoms with Crippen LogP contribution in [0.5, 0.6) is 0 Å². The van der Waals surface area contributed by atoms with Gasteiger partial charge in [-0.1, -0.05) is 11.6 Å². The van der Waals surface area contributed by atoms with Gasteiger partial charge in [-0.15, -0.1) is 0 Å². The summed E-state index contributed by atoms with van der Waals surface area (Å²) in [6.07, 6.45) is 0.660. The van der Waals surface area contributed by atoms with Gasteiger partial charge in [0.05, 0.1) is 5.54 Å². The van der Waals surface area contributed by atoms with Crippen LogP contribution in [0.15, 0.2) is 18.2 Å². The third-order valence-corrected chi connectivity index (χ3v) is 3.98. The van der Waals surface area contributed by atoms with E-state index < -0.39 is 5.54 Å². The highest BCUT2D eigenvalue weighted by Gasteiger charge is 2.39. The summed E-state index contributed by atoms with van der Waals surface area (Å²) in [5, 5.41) is 11.7. The van der Waals surface area contributed by atoms with Gasteiger partial charge in [0.25, 0.3) is 0 Å². The summed E-state index contributed by atoms with van der Waals surface area (Å²) >= 11 is 6.03. The van der Waals surface area contributed by atoms with Crippen LogP contribution in [-0.2, 0) is 10.3 Å². The number of nitrogens with zero attached hydrogens (tertiary/aromatic N) is 2. The van der Waals surface area contributed by atoms with Crippen LogP contribution < -0.4 is 4.90 Å². The maximum Gasteiger partial charge on any atom is 0.223 e. The minimum Gasteiger partial charge on any atom is -0.313 e. The van der Waals surface area contributed by atoms with Crippen molar-refractivity contribution in [1.82, 2.24) is 5.06 Å². The van der Waals surface area contributed by atoms with Gasteiger partial charge in [0.15, 0.2) is 0 Å². The van der Waals surface area contributed by atoms with E-state index in [9.17, 15) is 10.0 Å². The van der Waals surface area contributed by atoms with E-state index in [0.717, 1.165) is 11.3 Å². The highest BCUT2D eigenvalue weighted by atomic mass is 35.5. The Bertz CT molecular complexity index is 490. The molecule has 98 valence electrons. The van der Waals surface area contributed by atoms with Crippen molar-refractivity contribution >= 4 is 23.2 Å². The SMILES string of the molecule is CC(=O)N1CCC(C)(N(C)O)c2cc(Cl)ccc21. The van der Waals surface area contributed by atoms with Gasteiger partial charge < -0.3 is 10.1 Å². The fourth-order valence-corrected chi connectivity index (χ4v) is 2.59. The summed E-state index contributed by atoms with van der Waals surface area (Å²) in [7, 11) is 1.62. The first kappa shape index (κ1) is 13.3. The molecule has 1 heterocycles. The molecule has 1 aromatic carbocycles. The van der Waals surface area contributed by atoms with Gasteiger partial charge in [-0.2, -0.15) is 5.06 Å². The highest BCUT2D eigenvalue weighted by Crippen LogP contribution is 2.42. The van der Waals surface area contributed by atoms with Gasteiger partial charge in [0.2, 0.25) is 5.91 Å². The molecule has 0 radical (unpaired) electrons. The molecule has 0 aromatic heterocycles. The van der Waals surface area contributed by atoms with E-state index in [0.29, 0.717) is 18.0 Å². The minimum atomic E-state index is -0.522. The van der Waals surface area contributed by atoms with Crippen molar-refractivity contribution in [3.05, 3.63) is 28.8 Å². The van der Waals surface area contributed by atoms with Gasteiger partial charge in [-0.05, 0) is 37.1 Å². The summed E-state index contributed by atoms with van der Waals surface area (Å²) in [6.45, 7) is 4.08. The van der Waals surface area contributed by atoms with E-state index in [1.54, 1.807) is 24.9 Å². The fourth-order valence-electron chi connectivity index (χ4n) is 2.42. The Labute approximate surface area is 112 Å². The molecule has 2 rings (SSSR count). The lowest BCUT2D eigenvalue weighted by molar-refractivity contribution is -0.154. The van der Waals surface area contributed by atoms with E-state index >= 15 is 0 Å². The normalized spacial score (nSPS) is 23.1. The number of benzene rings is 1. The second-order valence-corrected chi connectivity index (χ2v) is 5.32. The van der Waals surface area contributed by atoms with Gasteiger partial charge >= 0.3 is 0 Å². The summed E-state index contributed by atoms with van der Waals surface area (Å²) in [4.78, 5) is 13.4. The number of hydrogen-bond acceptors (Lipinski definition) is 3. The molecule has 1 aromatic rings. The lowest BCUT2D eigenvalue weighted by Gasteiger charge is -2.43. The largest absolute Gasteiger partial charge is 0.313 e. The van der Waals surface area contributed by atoms with E-state index in [2.05, 4.69) is 0 Å². The van der Waals surface area contributed by atoms with Crippen LogP contribution in [0.1, 0.15) is 25.8 Å². The van der Waals surface area contributed by atoms with Crippen molar-refractivity contribution in [3.63, 3.8) is 0 Å². The van der Waals surface area contributed by atoms with E-state index in [1.807, 2.05) is 19.1 Å². The van der Waals surface area contributed by atoms with Crippen LogP contribution in [0.2, 0.25) is 5.02 Å². The van der Waals surface area contributed by atoms with Gasteiger partial charge in [0, 0.05) is 31.2 Å². The number of halogens is 1. The van der Waals surface area contributed by atoms with E-state index in [1.165, 1.54) is 5.06 Å². The van der Waals surface area contributed by atoms with Crippen molar-refractivity contribution < 1.29 is 10.0 Å². The molecule has 4 nitrogen and oxygen atoms in total. The van der Waals surface area contributed by atoms with Gasteiger partial charge in [-0.25, -0.2) is 0 Å². The van der Waals surface area contributed by atoms with Crippen molar-refractivity contribution in [3.8, 4) is 0 Å². The first-order valence-corrected chi connectivity index (χ1v) is 6.25. The number of carbonyl (C=O) groups is 1. The zero-order valence-electron chi connectivity index (χ0n) is 10.8. The van der Waals surface area contributed by atoms with Crippen molar-refractivity contribution in [1.29, 1.82) is 0 Å². The average Bonchev–Trinajstić information content (AvgIpc) is 2.29. The number of amides is 1.